The van der Waals surface area contributed by atoms with E-state index in [2.05, 4.69) is 44.2 Å². The first-order valence-corrected chi connectivity index (χ1v) is 17.8. The maximum Gasteiger partial charge on any atom is 0.411 e. The molecule has 3 aromatic rings. The Labute approximate surface area is 259 Å². The third-order valence-corrected chi connectivity index (χ3v) is 12.8. The van der Waals surface area contributed by atoms with Crippen LogP contribution in [0.5, 0.6) is 0 Å². The molecule has 238 valence electrons. The molecule has 1 aliphatic rings. The highest BCUT2D eigenvalue weighted by Gasteiger charge is 2.52. The minimum Gasteiger partial charge on any atom is -0.445 e. The molecule has 0 radical (unpaired) electrons. The lowest BCUT2D eigenvalue weighted by Crippen LogP contribution is -2.48. The van der Waals surface area contributed by atoms with Gasteiger partial charge >= 0.3 is 12.2 Å². The van der Waals surface area contributed by atoms with Crippen LogP contribution in [0, 0.1) is 5.82 Å². The van der Waals surface area contributed by atoms with Crippen LogP contribution in [0.2, 0.25) is 18.1 Å². The van der Waals surface area contributed by atoms with Crippen LogP contribution < -0.4 is 5.32 Å². The van der Waals surface area contributed by atoms with E-state index in [0.29, 0.717) is 16.5 Å². The van der Waals surface area contributed by atoms with Gasteiger partial charge in [-0.25, -0.2) is 14.0 Å². The van der Waals surface area contributed by atoms with Gasteiger partial charge in [-0.05, 0) is 68.2 Å². The van der Waals surface area contributed by atoms with Crippen molar-refractivity contribution in [1.82, 2.24) is 15.2 Å². The van der Waals surface area contributed by atoms with Crippen LogP contribution in [0.4, 0.5) is 14.0 Å². The van der Waals surface area contributed by atoms with Crippen molar-refractivity contribution in [3.8, 4) is 0 Å². The smallest absolute Gasteiger partial charge is 0.411 e. The molecule has 0 spiro atoms. The number of ether oxygens (including phenoxy) is 2. The fraction of sp³-hybridized carbons (Fsp3) is 0.485. The van der Waals surface area contributed by atoms with E-state index in [4.69, 9.17) is 13.9 Å². The summed E-state index contributed by atoms with van der Waals surface area (Å²) in [5, 5.41) is 3.29. The maximum atomic E-state index is 14.3. The van der Waals surface area contributed by atoms with Crippen LogP contribution in [0.25, 0.3) is 10.9 Å². The number of Topliss-reactive ketones (excluding diaryl/α,β-unsaturated/α-hetero) is 1. The number of hydrogen-bond acceptors (Lipinski definition) is 6. The molecule has 1 saturated heterocycles. The Morgan fingerprint density at radius 3 is 2.41 bits per heavy atom. The van der Waals surface area contributed by atoms with E-state index in [1.54, 1.807) is 33.0 Å². The van der Waals surface area contributed by atoms with Crippen molar-refractivity contribution in [2.45, 2.75) is 89.9 Å². The molecule has 2 N–H and O–H groups in total. The average molecular weight is 626 g/mol. The number of rotatable bonds is 8. The SMILES string of the molecule is CC(C)(C)OC(=O)N1CC(O[Si](C)(C)C(C)(C)C)C(=O)[C@H]1[C@@H](CNC(=O)OCc1ccccc1)c1c[nH]c2cc(F)ccc12. The average Bonchev–Trinajstić information content (AvgIpc) is 3.47. The molecular weight excluding hydrogens is 581 g/mol. The van der Waals surface area contributed by atoms with E-state index in [9.17, 15) is 18.8 Å². The van der Waals surface area contributed by atoms with E-state index in [-0.39, 0.29) is 30.5 Å². The highest BCUT2D eigenvalue weighted by molar-refractivity contribution is 6.74. The van der Waals surface area contributed by atoms with Gasteiger partial charge in [-0.3, -0.25) is 9.69 Å². The number of alkyl carbamates (subject to hydrolysis) is 1. The summed E-state index contributed by atoms with van der Waals surface area (Å²) >= 11 is 0. The Morgan fingerprint density at radius 1 is 1.09 bits per heavy atom. The summed E-state index contributed by atoms with van der Waals surface area (Å²) in [6.45, 7) is 15.7. The molecule has 2 aromatic carbocycles. The summed E-state index contributed by atoms with van der Waals surface area (Å²) in [6, 6.07) is 12.6. The van der Waals surface area contributed by atoms with Gasteiger partial charge in [0.1, 0.15) is 30.2 Å². The van der Waals surface area contributed by atoms with Gasteiger partial charge in [0.2, 0.25) is 0 Å². The van der Waals surface area contributed by atoms with Gasteiger partial charge in [0.05, 0.1) is 6.54 Å². The molecule has 1 unspecified atom stereocenters. The normalized spacial score (nSPS) is 18.4. The molecule has 1 fully saturated rings. The van der Waals surface area contributed by atoms with Crippen molar-refractivity contribution in [3.05, 3.63) is 71.7 Å². The van der Waals surface area contributed by atoms with Gasteiger partial charge in [-0.2, -0.15) is 0 Å². The zero-order valence-electron chi connectivity index (χ0n) is 26.8. The van der Waals surface area contributed by atoms with E-state index < -0.39 is 50.0 Å². The lowest BCUT2D eigenvalue weighted by Gasteiger charge is -2.37. The molecule has 11 heteroatoms. The molecule has 9 nitrogen and oxygen atoms in total. The van der Waals surface area contributed by atoms with Crippen molar-refractivity contribution in [2.75, 3.05) is 13.1 Å². The number of likely N-dealkylation sites (tertiary alicyclic amines) is 1. The van der Waals surface area contributed by atoms with Gasteiger partial charge < -0.3 is 24.2 Å². The number of nitrogens with one attached hydrogen (secondary N) is 2. The lowest BCUT2D eigenvalue weighted by molar-refractivity contribution is -0.125. The summed E-state index contributed by atoms with van der Waals surface area (Å²) in [4.78, 5) is 45.3. The summed E-state index contributed by atoms with van der Waals surface area (Å²) < 4.78 is 31.8. The molecule has 0 saturated carbocycles. The summed E-state index contributed by atoms with van der Waals surface area (Å²) in [5.74, 6) is -1.42. The molecule has 1 aromatic heterocycles. The zero-order valence-corrected chi connectivity index (χ0v) is 27.8. The van der Waals surface area contributed by atoms with Crippen molar-refractivity contribution >= 4 is 37.2 Å². The van der Waals surface area contributed by atoms with Crippen molar-refractivity contribution in [1.29, 1.82) is 0 Å². The van der Waals surface area contributed by atoms with Gasteiger partial charge in [0.15, 0.2) is 14.1 Å². The van der Waals surface area contributed by atoms with E-state index in [1.807, 2.05) is 30.3 Å². The van der Waals surface area contributed by atoms with Crippen LogP contribution in [-0.4, -0.2) is 67.0 Å². The largest absolute Gasteiger partial charge is 0.445 e. The van der Waals surface area contributed by atoms with Crippen LogP contribution >= 0.6 is 0 Å². The molecule has 3 atom stereocenters. The topological polar surface area (TPSA) is 110 Å². The monoisotopic (exact) mass is 625 g/mol. The Hall–Kier alpha value is -3.70. The number of H-pyrrole nitrogens is 1. The zero-order chi connectivity index (χ0) is 32.4. The third kappa shape index (κ3) is 7.68. The standard InChI is InChI=1S/C33H44FN3O6Si/c1-32(2,3)42-31(40)37-19-27(43-44(7,8)33(4,5)6)29(38)28(37)25(24-17-35-26-16-22(34)14-15-23(24)26)18-36-30(39)41-20-21-12-10-9-11-13-21/h9-17,25,27-28,35H,18-20H2,1-8H3,(H,36,39)/t25-,27?,28+/m0/s1. The number of benzene rings is 2. The van der Waals surface area contributed by atoms with Crippen LogP contribution in [-0.2, 0) is 25.3 Å². The summed E-state index contributed by atoms with van der Waals surface area (Å²) in [7, 11) is -2.42. The van der Waals surface area contributed by atoms with Crippen molar-refractivity contribution < 1.29 is 32.7 Å². The van der Waals surface area contributed by atoms with Crippen LogP contribution in [0.3, 0.4) is 0 Å². The molecule has 2 heterocycles. The Kier molecular flexibility index (Phi) is 9.60. The second kappa shape index (κ2) is 12.7. The highest BCUT2D eigenvalue weighted by Crippen LogP contribution is 2.40. The predicted octanol–water partition coefficient (Wildman–Crippen LogP) is 6.90. The number of amides is 2. The Morgan fingerprint density at radius 2 is 1.77 bits per heavy atom. The van der Waals surface area contributed by atoms with E-state index in [1.165, 1.54) is 17.0 Å². The number of aromatic nitrogens is 1. The molecule has 1 aliphatic heterocycles. The predicted molar refractivity (Wildman–Crippen MR) is 169 cm³/mol. The van der Waals surface area contributed by atoms with Gasteiger partial charge in [-0.1, -0.05) is 51.1 Å². The number of ketones is 1. The number of carbonyl (C=O) groups excluding carboxylic acids is 3. The number of carbonyl (C=O) groups is 3. The first-order valence-electron chi connectivity index (χ1n) is 14.9. The third-order valence-electron chi connectivity index (χ3n) is 8.31. The molecule has 44 heavy (non-hydrogen) atoms. The van der Waals surface area contributed by atoms with Gasteiger partial charge in [0.25, 0.3) is 0 Å². The second-order valence-electron chi connectivity index (χ2n) is 13.8. The summed E-state index contributed by atoms with van der Waals surface area (Å²) in [6.07, 6.45) is -0.509. The fourth-order valence-corrected chi connectivity index (χ4v) is 6.32. The molecular formula is C33H44FN3O6Si. The second-order valence-corrected chi connectivity index (χ2v) is 18.6. The lowest BCUT2D eigenvalue weighted by atomic mass is 9.88. The maximum absolute atomic E-state index is 14.3. The quantitative estimate of drug-likeness (QED) is 0.264. The van der Waals surface area contributed by atoms with Gasteiger partial charge in [0, 0.05) is 29.6 Å². The minimum atomic E-state index is -2.42. The van der Waals surface area contributed by atoms with Crippen molar-refractivity contribution in [3.63, 3.8) is 0 Å². The Balaban J connectivity index is 1.70. The molecule has 0 aliphatic carbocycles. The van der Waals surface area contributed by atoms with E-state index >= 15 is 0 Å². The Bertz CT molecular complexity index is 1490. The number of nitrogens with zero attached hydrogens (tertiary/aromatic N) is 1. The molecule has 2 amide bonds. The number of hydrogen-bond donors (Lipinski definition) is 2. The van der Waals surface area contributed by atoms with E-state index in [0.717, 1.165) is 5.56 Å². The number of aromatic amines is 1. The summed E-state index contributed by atoms with van der Waals surface area (Å²) in [5.41, 5.74) is 1.19. The fourth-order valence-electron chi connectivity index (χ4n) is 5.06. The van der Waals surface area contributed by atoms with Gasteiger partial charge in [-0.15, -0.1) is 0 Å². The number of fused-ring (bicyclic) bond motifs is 1. The highest BCUT2D eigenvalue weighted by atomic mass is 28.4. The van der Waals surface area contributed by atoms with Crippen LogP contribution in [0.1, 0.15) is 58.6 Å². The van der Waals surface area contributed by atoms with Crippen molar-refractivity contribution in [2.24, 2.45) is 0 Å². The first-order chi connectivity index (χ1) is 20.5. The molecule has 0 bridgehead atoms. The first kappa shape index (κ1) is 33.2. The molecule has 4 rings (SSSR count). The minimum absolute atomic E-state index is 0.0108. The number of halogens is 1. The van der Waals surface area contributed by atoms with Crippen LogP contribution in [0.15, 0.2) is 54.7 Å².